The summed E-state index contributed by atoms with van der Waals surface area (Å²) in [6.07, 6.45) is 2.05. The molecule has 92 valence electrons. The van der Waals surface area contributed by atoms with Crippen LogP contribution < -0.4 is 0 Å². The van der Waals surface area contributed by atoms with Gasteiger partial charge >= 0.3 is 5.97 Å². The quantitative estimate of drug-likeness (QED) is 0.943. The van der Waals surface area contributed by atoms with E-state index in [4.69, 9.17) is 0 Å². The van der Waals surface area contributed by atoms with Crippen molar-refractivity contribution in [2.75, 3.05) is 0 Å². The summed E-state index contributed by atoms with van der Waals surface area (Å²) in [6.45, 7) is 0. The van der Waals surface area contributed by atoms with Crippen LogP contribution in [0.3, 0.4) is 0 Å². The molecule has 0 aliphatic heterocycles. The van der Waals surface area contributed by atoms with Gasteiger partial charge in [0.2, 0.25) is 0 Å². The zero-order valence-corrected chi connectivity index (χ0v) is 11.2. The first-order valence-corrected chi connectivity index (χ1v) is 6.34. The predicted octanol–water partition coefficient (Wildman–Crippen LogP) is 3.26. The van der Waals surface area contributed by atoms with Crippen LogP contribution in [0.2, 0.25) is 0 Å². The first-order chi connectivity index (χ1) is 8.66. The molecule has 0 spiro atoms. The van der Waals surface area contributed by atoms with Crippen molar-refractivity contribution in [3.63, 3.8) is 0 Å². The van der Waals surface area contributed by atoms with Gasteiger partial charge in [0.25, 0.3) is 0 Å². The zero-order valence-electron chi connectivity index (χ0n) is 9.58. The summed E-state index contributed by atoms with van der Waals surface area (Å²) >= 11 is 3.38. The van der Waals surface area contributed by atoms with Crippen LogP contribution in [-0.2, 0) is 11.2 Å². The molecule has 0 aliphatic carbocycles. The monoisotopic (exact) mass is 305 g/mol. The van der Waals surface area contributed by atoms with E-state index in [9.17, 15) is 9.90 Å². The Bertz CT molecular complexity index is 543. The molecule has 18 heavy (non-hydrogen) atoms. The topological polar surface area (TPSA) is 50.2 Å². The van der Waals surface area contributed by atoms with E-state index in [0.717, 1.165) is 10.0 Å². The van der Waals surface area contributed by atoms with E-state index >= 15 is 0 Å². The van der Waals surface area contributed by atoms with Crippen molar-refractivity contribution in [1.82, 2.24) is 4.98 Å². The fraction of sp³-hybridized carbons (Fsp3) is 0.143. The third-order valence-electron chi connectivity index (χ3n) is 2.67. The maximum absolute atomic E-state index is 11.3. The maximum atomic E-state index is 11.3. The molecular weight excluding hydrogens is 294 g/mol. The largest absolute Gasteiger partial charge is 0.481 e. The summed E-state index contributed by atoms with van der Waals surface area (Å²) < 4.78 is 0.949. The number of hydrogen-bond donors (Lipinski definition) is 1. The summed E-state index contributed by atoms with van der Waals surface area (Å²) in [6, 6.07) is 13.0. The Morgan fingerprint density at radius 1 is 1.28 bits per heavy atom. The summed E-state index contributed by atoms with van der Waals surface area (Å²) in [5, 5.41) is 9.31. The molecule has 1 N–H and O–H groups in total. The molecule has 0 aliphatic rings. The van der Waals surface area contributed by atoms with Crippen molar-refractivity contribution in [1.29, 1.82) is 0 Å². The van der Waals surface area contributed by atoms with Crippen molar-refractivity contribution in [2.45, 2.75) is 12.3 Å². The number of pyridine rings is 1. The van der Waals surface area contributed by atoms with Gasteiger partial charge in [0, 0.05) is 10.7 Å². The van der Waals surface area contributed by atoms with E-state index in [1.54, 1.807) is 24.4 Å². The molecule has 1 atom stereocenters. The smallest absolute Gasteiger partial charge is 0.312 e. The van der Waals surface area contributed by atoms with Crippen LogP contribution in [0.5, 0.6) is 0 Å². The van der Waals surface area contributed by atoms with E-state index in [-0.39, 0.29) is 0 Å². The molecule has 0 saturated heterocycles. The lowest BCUT2D eigenvalue weighted by atomic mass is 9.96. The lowest BCUT2D eigenvalue weighted by molar-refractivity contribution is -0.138. The van der Waals surface area contributed by atoms with Crippen molar-refractivity contribution in [3.8, 4) is 0 Å². The lowest BCUT2D eigenvalue weighted by Crippen LogP contribution is -2.15. The minimum Gasteiger partial charge on any atom is -0.481 e. The van der Waals surface area contributed by atoms with Gasteiger partial charge in [-0.2, -0.15) is 0 Å². The average molecular weight is 306 g/mol. The van der Waals surface area contributed by atoms with Crippen LogP contribution in [0.25, 0.3) is 0 Å². The minimum absolute atomic E-state index is 0.436. The number of carboxylic acids is 1. The number of carboxylic acid groups (broad SMARTS) is 1. The number of aromatic nitrogens is 1. The maximum Gasteiger partial charge on any atom is 0.312 e. The highest BCUT2D eigenvalue weighted by Gasteiger charge is 2.21. The molecule has 0 saturated carbocycles. The molecule has 1 heterocycles. The molecule has 2 rings (SSSR count). The van der Waals surface area contributed by atoms with Gasteiger partial charge in [-0.05, 0) is 36.2 Å². The molecule has 1 aromatic heterocycles. The van der Waals surface area contributed by atoms with E-state index in [1.807, 2.05) is 24.3 Å². The molecular formula is C14H12BrNO2. The molecule has 4 heteroatoms. The van der Waals surface area contributed by atoms with Gasteiger partial charge in [-0.15, -0.1) is 0 Å². The Morgan fingerprint density at radius 3 is 2.72 bits per heavy atom. The Labute approximate surface area is 114 Å². The summed E-state index contributed by atoms with van der Waals surface area (Å²) in [4.78, 5) is 15.5. The Balaban J connectivity index is 2.25. The van der Waals surface area contributed by atoms with Crippen LogP contribution in [0, 0.1) is 0 Å². The van der Waals surface area contributed by atoms with Gasteiger partial charge in [0.05, 0.1) is 5.69 Å². The van der Waals surface area contributed by atoms with Gasteiger partial charge < -0.3 is 5.11 Å². The number of benzene rings is 1. The lowest BCUT2D eigenvalue weighted by Gasteiger charge is -2.11. The molecule has 1 aromatic carbocycles. The highest BCUT2D eigenvalue weighted by molar-refractivity contribution is 9.10. The van der Waals surface area contributed by atoms with Crippen LogP contribution >= 0.6 is 15.9 Å². The fourth-order valence-electron chi connectivity index (χ4n) is 1.80. The normalized spacial score (nSPS) is 12.1. The van der Waals surface area contributed by atoms with Crippen LogP contribution in [0.1, 0.15) is 17.2 Å². The number of aliphatic carboxylic acids is 1. The van der Waals surface area contributed by atoms with Crippen LogP contribution in [0.4, 0.5) is 0 Å². The second-order valence-electron chi connectivity index (χ2n) is 3.98. The van der Waals surface area contributed by atoms with Crippen molar-refractivity contribution < 1.29 is 9.90 Å². The van der Waals surface area contributed by atoms with Gasteiger partial charge in [0.15, 0.2) is 0 Å². The second-order valence-corrected chi connectivity index (χ2v) is 4.90. The first kappa shape index (κ1) is 12.8. The second kappa shape index (κ2) is 5.78. The van der Waals surface area contributed by atoms with Crippen molar-refractivity contribution in [2.24, 2.45) is 0 Å². The van der Waals surface area contributed by atoms with Gasteiger partial charge in [-0.3, -0.25) is 9.78 Å². The molecule has 0 bridgehead atoms. The van der Waals surface area contributed by atoms with E-state index in [0.29, 0.717) is 12.1 Å². The Kier molecular flexibility index (Phi) is 4.10. The number of rotatable bonds is 4. The van der Waals surface area contributed by atoms with E-state index < -0.39 is 11.9 Å². The summed E-state index contributed by atoms with van der Waals surface area (Å²) in [5.41, 5.74) is 1.56. The highest BCUT2D eigenvalue weighted by Crippen LogP contribution is 2.21. The first-order valence-electron chi connectivity index (χ1n) is 5.55. The van der Waals surface area contributed by atoms with Crippen LogP contribution in [-0.4, -0.2) is 16.1 Å². The van der Waals surface area contributed by atoms with Crippen LogP contribution in [0.15, 0.2) is 53.1 Å². The Hall–Kier alpha value is -1.68. The molecule has 1 unspecified atom stereocenters. The molecule has 2 aromatic rings. The molecule has 0 fully saturated rings. The number of nitrogens with zero attached hydrogens (tertiary/aromatic N) is 1. The van der Waals surface area contributed by atoms with Gasteiger partial charge in [-0.25, -0.2) is 0 Å². The SMILES string of the molecule is O=C(O)C(Cc1cccc(Br)c1)c1ccccn1. The van der Waals surface area contributed by atoms with Crippen molar-refractivity contribution >= 4 is 21.9 Å². The average Bonchev–Trinajstić information content (AvgIpc) is 2.37. The number of carbonyl (C=O) groups is 1. The zero-order chi connectivity index (χ0) is 13.0. The number of halogens is 1. The van der Waals surface area contributed by atoms with Crippen molar-refractivity contribution in [3.05, 3.63) is 64.4 Å². The third kappa shape index (κ3) is 3.17. The van der Waals surface area contributed by atoms with Gasteiger partial charge in [0.1, 0.15) is 5.92 Å². The minimum atomic E-state index is -0.853. The standard InChI is InChI=1S/C14H12BrNO2/c15-11-5-3-4-10(8-11)9-12(14(17)18)13-6-1-2-7-16-13/h1-8,12H,9H2,(H,17,18). The molecule has 0 radical (unpaired) electrons. The molecule has 0 amide bonds. The van der Waals surface area contributed by atoms with E-state index in [1.165, 1.54) is 0 Å². The van der Waals surface area contributed by atoms with Gasteiger partial charge in [-0.1, -0.05) is 34.1 Å². The predicted molar refractivity (Wildman–Crippen MR) is 72.5 cm³/mol. The highest BCUT2D eigenvalue weighted by atomic mass is 79.9. The third-order valence-corrected chi connectivity index (χ3v) is 3.16. The Morgan fingerprint density at radius 2 is 2.11 bits per heavy atom. The number of hydrogen-bond acceptors (Lipinski definition) is 2. The summed E-state index contributed by atoms with van der Waals surface area (Å²) in [7, 11) is 0. The molecule has 3 nitrogen and oxygen atoms in total. The summed E-state index contributed by atoms with van der Waals surface area (Å²) in [5.74, 6) is -1.46. The fourth-order valence-corrected chi connectivity index (χ4v) is 2.25. The van der Waals surface area contributed by atoms with E-state index in [2.05, 4.69) is 20.9 Å².